The average Bonchev–Trinajstić information content (AvgIpc) is 3.17. The van der Waals surface area contributed by atoms with Gasteiger partial charge in [-0.15, -0.1) is 0 Å². The molecule has 0 atom stereocenters. The molecule has 5 nitrogen and oxygen atoms in total. The molecule has 3 rings (SSSR count). The van der Waals surface area contributed by atoms with E-state index >= 15 is 0 Å². The van der Waals surface area contributed by atoms with Gasteiger partial charge < -0.3 is 14.6 Å². The monoisotopic (exact) mass is 314 g/mol. The quantitative estimate of drug-likeness (QED) is 0.922. The summed E-state index contributed by atoms with van der Waals surface area (Å²) < 4.78 is 5.50. The van der Waals surface area contributed by atoms with Crippen LogP contribution in [-0.2, 0) is 16.0 Å². The fourth-order valence-electron chi connectivity index (χ4n) is 3.00. The Morgan fingerprint density at radius 3 is 2.83 bits per heavy atom. The first-order valence-corrected chi connectivity index (χ1v) is 8.15. The predicted octanol–water partition coefficient (Wildman–Crippen LogP) is 2.41. The van der Waals surface area contributed by atoms with Crippen molar-refractivity contribution < 1.29 is 14.0 Å². The lowest BCUT2D eigenvalue weighted by Gasteiger charge is -2.15. The van der Waals surface area contributed by atoms with E-state index in [0.717, 1.165) is 48.0 Å². The van der Waals surface area contributed by atoms with Gasteiger partial charge in [0.25, 0.3) is 0 Å². The zero-order chi connectivity index (χ0) is 16.2. The third-order valence-electron chi connectivity index (χ3n) is 4.28. The summed E-state index contributed by atoms with van der Waals surface area (Å²) in [6.07, 6.45) is 4.46. The molecule has 0 radical (unpaired) electrons. The van der Waals surface area contributed by atoms with Crippen molar-refractivity contribution in [3.8, 4) is 0 Å². The number of carbonyl (C=O) groups is 2. The molecular formula is C18H22N2O3. The molecule has 1 saturated heterocycles. The minimum absolute atomic E-state index is 0.0810. The first-order chi connectivity index (χ1) is 11.1. The molecule has 0 aliphatic carbocycles. The normalized spacial score (nSPS) is 14.4. The highest BCUT2D eigenvalue weighted by Crippen LogP contribution is 2.22. The molecule has 0 saturated carbocycles. The molecule has 1 aromatic carbocycles. The SMILES string of the molecule is Cc1ccc2c(CC(=O)NCCC(=O)N3CCCC3)coc2c1. The maximum atomic E-state index is 12.0. The van der Waals surface area contributed by atoms with Crippen LogP contribution in [0.3, 0.4) is 0 Å². The maximum Gasteiger partial charge on any atom is 0.224 e. The summed E-state index contributed by atoms with van der Waals surface area (Å²) in [7, 11) is 0. The highest BCUT2D eigenvalue weighted by molar-refractivity contribution is 5.88. The fourth-order valence-corrected chi connectivity index (χ4v) is 3.00. The van der Waals surface area contributed by atoms with Crippen molar-refractivity contribution in [2.75, 3.05) is 19.6 Å². The van der Waals surface area contributed by atoms with Gasteiger partial charge in [0.2, 0.25) is 11.8 Å². The van der Waals surface area contributed by atoms with E-state index < -0.39 is 0 Å². The van der Waals surface area contributed by atoms with Crippen LogP contribution >= 0.6 is 0 Å². The van der Waals surface area contributed by atoms with E-state index in [4.69, 9.17) is 4.42 Å². The molecule has 2 amide bonds. The van der Waals surface area contributed by atoms with Crippen LogP contribution in [0.5, 0.6) is 0 Å². The lowest BCUT2D eigenvalue weighted by molar-refractivity contribution is -0.130. The van der Waals surface area contributed by atoms with Gasteiger partial charge in [-0.1, -0.05) is 12.1 Å². The van der Waals surface area contributed by atoms with Crippen LogP contribution in [0.15, 0.2) is 28.9 Å². The van der Waals surface area contributed by atoms with Gasteiger partial charge in [0.15, 0.2) is 0 Å². The Morgan fingerprint density at radius 1 is 1.26 bits per heavy atom. The van der Waals surface area contributed by atoms with Crippen LogP contribution in [0.1, 0.15) is 30.4 Å². The summed E-state index contributed by atoms with van der Waals surface area (Å²) in [4.78, 5) is 25.8. The second-order valence-corrected chi connectivity index (χ2v) is 6.13. The zero-order valence-corrected chi connectivity index (χ0v) is 13.4. The molecule has 1 aliphatic heterocycles. The Labute approximate surface area is 135 Å². The molecule has 0 unspecified atom stereocenters. The number of likely N-dealkylation sites (tertiary alicyclic amines) is 1. The Bertz CT molecular complexity index is 714. The van der Waals surface area contributed by atoms with Crippen molar-refractivity contribution in [1.82, 2.24) is 10.2 Å². The van der Waals surface area contributed by atoms with E-state index in [1.165, 1.54) is 0 Å². The van der Waals surface area contributed by atoms with Gasteiger partial charge in [-0.2, -0.15) is 0 Å². The van der Waals surface area contributed by atoms with Crippen LogP contribution in [0.25, 0.3) is 11.0 Å². The Balaban J connectivity index is 1.49. The Hall–Kier alpha value is -2.30. The van der Waals surface area contributed by atoms with E-state index in [2.05, 4.69) is 5.32 Å². The number of nitrogens with zero attached hydrogens (tertiary/aromatic N) is 1. The smallest absolute Gasteiger partial charge is 0.224 e. The van der Waals surface area contributed by atoms with Crippen molar-refractivity contribution in [2.45, 2.75) is 32.6 Å². The molecule has 122 valence electrons. The predicted molar refractivity (Wildman–Crippen MR) is 88.1 cm³/mol. The Kier molecular flexibility index (Phi) is 4.65. The van der Waals surface area contributed by atoms with Crippen LogP contribution < -0.4 is 5.32 Å². The van der Waals surface area contributed by atoms with Gasteiger partial charge in [-0.05, 0) is 31.4 Å². The minimum atomic E-state index is -0.0810. The van der Waals surface area contributed by atoms with Gasteiger partial charge in [0.1, 0.15) is 5.58 Å². The third-order valence-corrected chi connectivity index (χ3v) is 4.28. The van der Waals surface area contributed by atoms with Crippen molar-refractivity contribution in [3.63, 3.8) is 0 Å². The molecule has 1 aromatic heterocycles. The number of aryl methyl sites for hydroxylation is 1. The number of hydrogen-bond acceptors (Lipinski definition) is 3. The van der Waals surface area contributed by atoms with E-state index in [9.17, 15) is 9.59 Å². The topological polar surface area (TPSA) is 62.6 Å². The zero-order valence-electron chi connectivity index (χ0n) is 13.4. The number of rotatable bonds is 5. The number of nitrogens with one attached hydrogen (secondary N) is 1. The summed E-state index contributed by atoms with van der Waals surface area (Å²) in [5.74, 6) is 0.0505. The van der Waals surface area contributed by atoms with Crippen molar-refractivity contribution in [2.24, 2.45) is 0 Å². The summed E-state index contributed by atoms with van der Waals surface area (Å²) in [6, 6.07) is 5.95. The van der Waals surface area contributed by atoms with E-state index in [0.29, 0.717) is 13.0 Å². The average molecular weight is 314 g/mol. The number of benzene rings is 1. The van der Waals surface area contributed by atoms with E-state index in [1.807, 2.05) is 30.0 Å². The molecule has 1 N–H and O–H groups in total. The maximum absolute atomic E-state index is 12.0. The number of hydrogen-bond donors (Lipinski definition) is 1. The van der Waals surface area contributed by atoms with Crippen molar-refractivity contribution >= 4 is 22.8 Å². The molecule has 5 heteroatoms. The van der Waals surface area contributed by atoms with Gasteiger partial charge in [0, 0.05) is 37.0 Å². The lowest BCUT2D eigenvalue weighted by atomic mass is 10.1. The van der Waals surface area contributed by atoms with Gasteiger partial charge >= 0.3 is 0 Å². The number of carbonyl (C=O) groups excluding carboxylic acids is 2. The van der Waals surface area contributed by atoms with E-state index in [-0.39, 0.29) is 18.2 Å². The number of amides is 2. The minimum Gasteiger partial charge on any atom is -0.464 e. The first-order valence-electron chi connectivity index (χ1n) is 8.15. The number of furan rings is 1. The Morgan fingerprint density at radius 2 is 2.04 bits per heavy atom. The first kappa shape index (κ1) is 15.6. The van der Waals surface area contributed by atoms with Gasteiger partial charge in [0.05, 0.1) is 12.7 Å². The third kappa shape index (κ3) is 3.73. The van der Waals surface area contributed by atoms with Crippen LogP contribution in [0.4, 0.5) is 0 Å². The summed E-state index contributed by atoms with van der Waals surface area (Å²) in [5.41, 5.74) is 2.81. The molecule has 2 heterocycles. The molecule has 1 aliphatic rings. The standard InChI is InChI=1S/C18H22N2O3/c1-13-4-5-15-14(12-23-16(15)10-13)11-17(21)19-7-6-18(22)20-8-2-3-9-20/h4-5,10,12H,2-3,6-9,11H2,1H3,(H,19,21). The highest BCUT2D eigenvalue weighted by atomic mass is 16.3. The van der Waals surface area contributed by atoms with Crippen molar-refractivity contribution in [3.05, 3.63) is 35.6 Å². The van der Waals surface area contributed by atoms with Crippen LogP contribution in [0, 0.1) is 6.92 Å². The fraction of sp³-hybridized carbons (Fsp3) is 0.444. The number of fused-ring (bicyclic) bond motifs is 1. The summed E-state index contributed by atoms with van der Waals surface area (Å²) in [6.45, 7) is 4.11. The van der Waals surface area contributed by atoms with Crippen molar-refractivity contribution in [1.29, 1.82) is 0 Å². The van der Waals surface area contributed by atoms with Gasteiger partial charge in [-0.25, -0.2) is 0 Å². The van der Waals surface area contributed by atoms with Gasteiger partial charge in [-0.3, -0.25) is 9.59 Å². The second kappa shape index (κ2) is 6.86. The summed E-state index contributed by atoms with van der Waals surface area (Å²) in [5, 5.41) is 3.79. The van der Waals surface area contributed by atoms with Crippen LogP contribution in [0.2, 0.25) is 0 Å². The summed E-state index contributed by atoms with van der Waals surface area (Å²) >= 11 is 0. The lowest BCUT2D eigenvalue weighted by Crippen LogP contribution is -2.33. The highest BCUT2D eigenvalue weighted by Gasteiger charge is 2.17. The molecule has 0 bridgehead atoms. The van der Waals surface area contributed by atoms with Crippen LogP contribution in [-0.4, -0.2) is 36.3 Å². The molecule has 1 fully saturated rings. The second-order valence-electron chi connectivity index (χ2n) is 6.13. The van der Waals surface area contributed by atoms with E-state index in [1.54, 1.807) is 6.26 Å². The molecule has 23 heavy (non-hydrogen) atoms. The largest absolute Gasteiger partial charge is 0.464 e. The molecular weight excluding hydrogens is 292 g/mol. The molecule has 2 aromatic rings. The molecule has 0 spiro atoms.